The Bertz CT molecular complexity index is 895. The highest BCUT2D eigenvalue weighted by Gasteiger charge is 2.25. The molecule has 3 rings (SSSR count). The monoisotopic (exact) mass is 373 g/mol. The van der Waals surface area contributed by atoms with E-state index in [0.29, 0.717) is 5.69 Å². The summed E-state index contributed by atoms with van der Waals surface area (Å²) in [5, 5.41) is 3.19. The molecule has 0 saturated carbocycles. The predicted octanol–water partition coefficient (Wildman–Crippen LogP) is 2.84. The number of fused-ring (bicyclic) bond motifs is 1. The minimum Gasteiger partial charge on any atom is -0.374 e. The van der Waals surface area contributed by atoms with Crippen molar-refractivity contribution in [2.24, 2.45) is 0 Å². The van der Waals surface area contributed by atoms with Gasteiger partial charge in [-0.1, -0.05) is 18.2 Å². The van der Waals surface area contributed by atoms with Gasteiger partial charge in [0.15, 0.2) is 0 Å². The third-order valence-electron chi connectivity index (χ3n) is 4.32. The van der Waals surface area contributed by atoms with Crippen molar-refractivity contribution < 1.29 is 13.2 Å². The van der Waals surface area contributed by atoms with E-state index in [-0.39, 0.29) is 5.91 Å². The van der Waals surface area contributed by atoms with E-state index < -0.39 is 16.1 Å². The summed E-state index contributed by atoms with van der Waals surface area (Å²) in [6, 6.07) is 14.5. The van der Waals surface area contributed by atoms with Crippen molar-refractivity contribution in [1.29, 1.82) is 0 Å². The maximum absolute atomic E-state index is 12.9. The Morgan fingerprint density at radius 3 is 2.42 bits per heavy atom. The molecular formula is C19H23N3O3S. The van der Waals surface area contributed by atoms with Crippen molar-refractivity contribution in [2.45, 2.75) is 25.8 Å². The number of aryl methyl sites for hydroxylation is 1. The summed E-state index contributed by atoms with van der Waals surface area (Å²) in [4.78, 5) is 14.7. The van der Waals surface area contributed by atoms with E-state index >= 15 is 0 Å². The van der Waals surface area contributed by atoms with Crippen molar-refractivity contribution in [3.8, 4) is 0 Å². The molecule has 2 aromatic carbocycles. The van der Waals surface area contributed by atoms with E-state index in [1.165, 1.54) is 5.56 Å². The van der Waals surface area contributed by atoms with Gasteiger partial charge in [0, 0.05) is 23.6 Å². The Labute approximate surface area is 154 Å². The van der Waals surface area contributed by atoms with Gasteiger partial charge in [0.25, 0.3) is 0 Å². The van der Waals surface area contributed by atoms with Crippen LogP contribution >= 0.6 is 0 Å². The number of sulfonamides is 1. The number of nitrogens with one attached hydrogen (secondary N) is 2. The lowest BCUT2D eigenvalue weighted by molar-refractivity contribution is -0.119. The number of hydrogen-bond donors (Lipinski definition) is 2. The van der Waals surface area contributed by atoms with Crippen LogP contribution in [0.2, 0.25) is 0 Å². The van der Waals surface area contributed by atoms with Gasteiger partial charge in [0.1, 0.15) is 6.04 Å². The molecule has 6 nitrogen and oxygen atoms in total. The van der Waals surface area contributed by atoms with Gasteiger partial charge >= 0.3 is 0 Å². The van der Waals surface area contributed by atoms with E-state index in [0.717, 1.165) is 37.0 Å². The first-order chi connectivity index (χ1) is 12.3. The molecule has 0 saturated heterocycles. The Balaban J connectivity index is 1.68. The zero-order valence-electron chi connectivity index (χ0n) is 14.9. The second-order valence-corrected chi connectivity index (χ2v) is 8.29. The molecule has 0 unspecified atom stereocenters. The largest absolute Gasteiger partial charge is 0.374 e. The highest BCUT2D eigenvalue weighted by atomic mass is 32.2. The molecule has 1 aliphatic heterocycles. The van der Waals surface area contributed by atoms with Crippen LogP contribution in [0.15, 0.2) is 48.5 Å². The number of anilines is 3. The normalized spacial score (nSPS) is 15.1. The van der Waals surface area contributed by atoms with Gasteiger partial charge in [-0.2, -0.15) is 0 Å². The lowest BCUT2D eigenvalue weighted by Crippen LogP contribution is -2.44. The summed E-state index contributed by atoms with van der Waals surface area (Å²) in [5.74, 6) is 0.0236. The predicted molar refractivity (Wildman–Crippen MR) is 105 cm³/mol. The molecule has 2 aromatic rings. The highest BCUT2D eigenvalue weighted by molar-refractivity contribution is 7.92. The van der Waals surface area contributed by atoms with E-state index in [4.69, 9.17) is 0 Å². The topological polar surface area (TPSA) is 78.5 Å². The molecule has 7 heteroatoms. The summed E-state index contributed by atoms with van der Waals surface area (Å²) < 4.78 is 24.9. The summed E-state index contributed by atoms with van der Waals surface area (Å²) in [6.07, 6.45) is 3.06. The lowest BCUT2D eigenvalue weighted by Gasteiger charge is -2.32. The van der Waals surface area contributed by atoms with Gasteiger partial charge in [-0.15, -0.1) is 0 Å². The number of rotatable bonds is 5. The van der Waals surface area contributed by atoms with Gasteiger partial charge in [0.05, 0.1) is 6.26 Å². The van der Waals surface area contributed by atoms with Gasteiger partial charge < -0.3 is 10.2 Å². The van der Waals surface area contributed by atoms with Crippen LogP contribution in [0, 0.1) is 0 Å². The quantitative estimate of drug-likeness (QED) is 0.845. The number of hydrogen-bond acceptors (Lipinski definition) is 4. The average Bonchev–Trinajstić information content (AvgIpc) is 2.61. The maximum atomic E-state index is 12.9. The fourth-order valence-electron chi connectivity index (χ4n) is 3.16. The molecule has 26 heavy (non-hydrogen) atoms. The SMILES string of the molecule is C[C@@H](Nc1ccc(NS(C)(=O)=O)cc1)C(=O)N1CCCc2ccccc21. The highest BCUT2D eigenvalue weighted by Crippen LogP contribution is 2.27. The zero-order valence-corrected chi connectivity index (χ0v) is 15.7. The summed E-state index contributed by atoms with van der Waals surface area (Å²) in [7, 11) is -3.30. The van der Waals surface area contributed by atoms with E-state index in [1.54, 1.807) is 24.3 Å². The molecule has 1 heterocycles. The minimum absolute atomic E-state index is 0.0236. The molecule has 0 aliphatic carbocycles. The summed E-state index contributed by atoms with van der Waals surface area (Å²) in [5.41, 5.74) is 3.44. The first-order valence-electron chi connectivity index (χ1n) is 8.57. The number of amides is 1. The number of carbonyl (C=O) groups is 1. The van der Waals surface area contributed by atoms with Crippen LogP contribution < -0.4 is 14.9 Å². The Kier molecular flexibility index (Phi) is 5.18. The molecule has 1 amide bonds. The lowest BCUT2D eigenvalue weighted by atomic mass is 10.0. The van der Waals surface area contributed by atoms with Crippen molar-refractivity contribution in [3.05, 3.63) is 54.1 Å². The Morgan fingerprint density at radius 2 is 1.73 bits per heavy atom. The van der Waals surface area contributed by atoms with Gasteiger partial charge in [0.2, 0.25) is 15.9 Å². The van der Waals surface area contributed by atoms with Crippen LogP contribution in [0.4, 0.5) is 17.1 Å². The molecule has 1 atom stereocenters. The third-order valence-corrected chi connectivity index (χ3v) is 4.92. The smallest absolute Gasteiger partial charge is 0.249 e. The third kappa shape index (κ3) is 4.35. The van der Waals surface area contributed by atoms with Crippen LogP contribution in [0.1, 0.15) is 18.9 Å². The first kappa shape index (κ1) is 18.3. The average molecular weight is 373 g/mol. The summed E-state index contributed by atoms with van der Waals surface area (Å²) in [6.45, 7) is 2.56. The fourth-order valence-corrected chi connectivity index (χ4v) is 3.72. The fraction of sp³-hybridized carbons (Fsp3) is 0.316. The van der Waals surface area contributed by atoms with E-state index in [1.807, 2.05) is 30.0 Å². The van der Waals surface area contributed by atoms with Crippen molar-refractivity contribution in [1.82, 2.24) is 0 Å². The number of para-hydroxylation sites is 1. The summed E-state index contributed by atoms with van der Waals surface area (Å²) >= 11 is 0. The molecule has 0 bridgehead atoms. The van der Waals surface area contributed by atoms with Crippen LogP contribution in [0.25, 0.3) is 0 Å². The van der Waals surface area contributed by atoms with Gasteiger partial charge in [-0.25, -0.2) is 8.42 Å². The number of carbonyl (C=O) groups excluding carboxylic acids is 1. The van der Waals surface area contributed by atoms with Crippen molar-refractivity contribution in [2.75, 3.05) is 27.7 Å². The second kappa shape index (κ2) is 7.37. The van der Waals surface area contributed by atoms with Crippen molar-refractivity contribution in [3.63, 3.8) is 0 Å². The first-order valence-corrected chi connectivity index (χ1v) is 10.5. The Hall–Kier alpha value is -2.54. The minimum atomic E-state index is -3.30. The van der Waals surface area contributed by atoms with Crippen LogP contribution in [-0.2, 0) is 21.2 Å². The molecule has 0 aromatic heterocycles. The second-order valence-electron chi connectivity index (χ2n) is 6.54. The maximum Gasteiger partial charge on any atom is 0.249 e. The zero-order chi connectivity index (χ0) is 18.7. The molecule has 0 fully saturated rings. The number of nitrogens with zero attached hydrogens (tertiary/aromatic N) is 1. The molecule has 2 N–H and O–H groups in total. The van der Waals surface area contributed by atoms with E-state index in [9.17, 15) is 13.2 Å². The van der Waals surface area contributed by atoms with Crippen LogP contribution in [0.3, 0.4) is 0 Å². The van der Waals surface area contributed by atoms with Crippen LogP contribution in [-0.4, -0.2) is 33.2 Å². The van der Waals surface area contributed by atoms with E-state index in [2.05, 4.69) is 16.1 Å². The van der Waals surface area contributed by atoms with Crippen LogP contribution in [0.5, 0.6) is 0 Å². The molecule has 1 aliphatic rings. The molecular weight excluding hydrogens is 350 g/mol. The Morgan fingerprint density at radius 1 is 1.08 bits per heavy atom. The molecule has 0 radical (unpaired) electrons. The number of benzene rings is 2. The molecule has 0 spiro atoms. The van der Waals surface area contributed by atoms with Gasteiger partial charge in [-0.05, 0) is 55.7 Å². The molecule has 138 valence electrons. The van der Waals surface area contributed by atoms with Gasteiger partial charge in [-0.3, -0.25) is 9.52 Å². The standard InChI is InChI=1S/C19H23N3O3S/c1-14(20-16-9-11-17(12-10-16)21-26(2,24)25)19(23)22-13-5-7-15-6-3-4-8-18(15)22/h3-4,6,8-12,14,20-21H,5,7,13H2,1-2H3/t14-/m1/s1. The van der Waals surface area contributed by atoms with Crippen molar-refractivity contribution >= 4 is 33.0 Å².